The summed E-state index contributed by atoms with van der Waals surface area (Å²) in [5.74, 6) is -0.405. The average molecular weight is 484 g/mol. The Hall–Kier alpha value is -2.81. The SMILES string of the molecule is C=CCN(CC=C)S(=O)(=O)c1ccc(C(=O)N=c2sc3cc(C)c(C)cc3n2CCC)cc1. The number of amides is 1. The second-order valence-electron chi connectivity index (χ2n) is 7.78. The molecule has 174 valence electrons. The van der Waals surface area contributed by atoms with Crippen molar-refractivity contribution in [1.29, 1.82) is 0 Å². The molecule has 0 radical (unpaired) electrons. The van der Waals surface area contributed by atoms with Crippen molar-refractivity contribution >= 4 is 37.5 Å². The lowest BCUT2D eigenvalue weighted by atomic mass is 10.1. The van der Waals surface area contributed by atoms with E-state index in [0.717, 1.165) is 23.2 Å². The number of carbonyl (C=O) groups excluding carboxylic acids is 1. The number of fused-ring (bicyclic) bond motifs is 1. The highest BCUT2D eigenvalue weighted by molar-refractivity contribution is 7.89. The van der Waals surface area contributed by atoms with Gasteiger partial charge in [-0.15, -0.1) is 13.2 Å². The number of aromatic nitrogens is 1. The van der Waals surface area contributed by atoms with Crippen LogP contribution in [0.5, 0.6) is 0 Å². The number of rotatable bonds is 9. The molecule has 0 aliphatic heterocycles. The fourth-order valence-corrected chi connectivity index (χ4v) is 5.99. The van der Waals surface area contributed by atoms with Crippen molar-refractivity contribution in [2.75, 3.05) is 13.1 Å². The van der Waals surface area contributed by atoms with Crippen molar-refractivity contribution in [3.8, 4) is 0 Å². The van der Waals surface area contributed by atoms with E-state index in [2.05, 4.69) is 55.6 Å². The summed E-state index contributed by atoms with van der Waals surface area (Å²) in [7, 11) is -3.72. The standard InChI is InChI=1S/C25H29N3O3S2/c1-6-13-27(14-7-2)33(30,31)21-11-9-20(10-12-21)24(29)26-25-28(15-8-3)22-16-18(4)19(5)17-23(22)32-25/h6-7,9-12,16-17H,1-2,8,13-15H2,3-5H3. The Morgan fingerprint density at radius 3 is 2.27 bits per heavy atom. The van der Waals surface area contributed by atoms with Gasteiger partial charge in [-0.25, -0.2) is 8.42 Å². The maximum absolute atomic E-state index is 12.9. The van der Waals surface area contributed by atoms with Gasteiger partial charge < -0.3 is 4.57 Å². The summed E-state index contributed by atoms with van der Waals surface area (Å²) in [5.41, 5.74) is 3.80. The molecule has 0 spiro atoms. The van der Waals surface area contributed by atoms with Crippen LogP contribution in [0.15, 0.2) is 71.6 Å². The predicted molar refractivity (Wildman–Crippen MR) is 135 cm³/mol. The summed E-state index contributed by atoms with van der Waals surface area (Å²) in [5, 5.41) is 0. The first kappa shape index (κ1) is 24.8. The lowest BCUT2D eigenvalue weighted by Crippen LogP contribution is -2.31. The van der Waals surface area contributed by atoms with Gasteiger partial charge in [-0.05, 0) is 67.8 Å². The van der Waals surface area contributed by atoms with Crippen molar-refractivity contribution in [2.24, 2.45) is 4.99 Å². The minimum Gasteiger partial charge on any atom is -0.316 e. The van der Waals surface area contributed by atoms with E-state index >= 15 is 0 Å². The highest BCUT2D eigenvalue weighted by Crippen LogP contribution is 2.22. The van der Waals surface area contributed by atoms with Gasteiger partial charge in [0.1, 0.15) is 0 Å². The molecule has 1 heterocycles. The third kappa shape index (κ3) is 5.24. The van der Waals surface area contributed by atoms with Crippen LogP contribution < -0.4 is 4.80 Å². The fourth-order valence-electron chi connectivity index (χ4n) is 3.48. The lowest BCUT2D eigenvalue weighted by Gasteiger charge is -2.19. The summed E-state index contributed by atoms with van der Waals surface area (Å²) in [6.07, 6.45) is 3.97. The summed E-state index contributed by atoms with van der Waals surface area (Å²) in [6, 6.07) is 10.2. The van der Waals surface area contributed by atoms with Gasteiger partial charge in [0, 0.05) is 25.2 Å². The second kappa shape index (κ2) is 10.4. The van der Waals surface area contributed by atoms with Crippen LogP contribution in [0.2, 0.25) is 0 Å². The number of thiazole rings is 1. The van der Waals surface area contributed by atoms with Gasteiger partial charge in [0.2, 0.25) is 10.0 Å². The first-order valence-corrected chi connectivity index (χ1v) is 13.0. The molecule has 6 nitrogen and oxygen atoms in total. The van der Waals surface area contributed by atoms with E-state index in [1.165, 1.54) is 63.2 Å². The molecule has 0 aliphatic carbocycles. The average Bonchev–Trinajstić information content (AvgIpc) is 3.10. The first-order valence-electron chi connectivity index (χ1n) is 10.7. The molecule has 1 amide bonds. The fraction of sp³-hybridized carbons (Fsp3) is 0.280. The molecule has 0 aliphatic rings. The molecule has 8 heteroatoms. The predicted octanol–water partition coefficient (Wildman–Crippen LogP) is 4.83. The normalized spacial score (nSPS) is 12.4. The van der Waals surface area contributed by atoms with Gasteiger partial charge in [0.05, 0.1) is 15.1 Å². The van der Waals surface area contributed by atoms with Gasteiger partial charge in [-0.1, -0.05) is 30.4 Å². The molecule has 2 aromatic carbocycles. The molecular formula is C25H29N3O3S2. The Bertz CT molecular complexity index is 1350. The summed E-state index contributed by atoms with van der Waals surface area (Å²) in [6.45, 7) is 14.6. The van der Waals surface area contributed by atoms with Gasteiger partial charge >= 0.3 is 0 Å². The Labute approximate surface area is 199 Å². The van der Waals surface area contributed by atoms with Crippen LogP contribution >= 0.6 is 11.3 Å². The zero-order valence-corrected chi connectivity index (χ0v) is 20.9. The largest absolute Gasteiger partial charge is 0.316 e. The van der Waals surface area contributed by atoms with Crippen LogP contribution in [0.1, 0.15) is 34.8 Å². The van der Waals surface area contributed by atoms with Crippen molar-refractivity contribution in [1.82, 2.24) is 8.87 Å². The number of hydrogen-bond acceptors (Lipinski definition) is 4. The molecule has 0 atom stereocenters. The number of carbonyl (C=O) groups is 1. The van der Waals surface area contributed by atoms with Gasteiger partial charge in [0.15, 0.2) is 4.80 Å². The molecule has 1 aromatic heterocycles. The van der Waals surface area contributed by atoms with Crippen molar-refractivity contribution in [3.05, 3.63) is 83.2 Å². The van der Waals surface area contributed by atoms with E-state index in [-0.39, 0.29) is 18.0 Å². The number of benzene rings is 2. The Morgan fingerprint density at radius 2 is 1.70 bits per heavy atom. The molecule has 0 bridgehead atoms. The summed E-state index contributed by atoms with van der Waals surface area (Å²) >= 11 is 1.49. The van der Waals surface area contributed by atoms with Gasteiger partial charge in [-0.3, -0.25) is 4.79 Å². The van der Waals surface area contributed by atoms with E-state index in [9.17, 15) is 13.2 Å². The van der Waals surface area contributed by atoms with E-state index in [1.54, 1.807) is 0 Å². The highest BCUT2D eigenvalue weighted by Gasteiger charge is 2.22. The Morgan fingerprint density at radius 1 is 1.09 bits per heavy atom. The van der Waals surface area contributed by atoms with Crippen LogP contribution in [0.25, 0.3) is 10.2 Å². The van der Waals surface area contributed by atoms with Gasteiger partial charge in [-0.2, -0.15) is 9.30 Å². The van der Waals surface area contributed by atoms with E-state index in [4.69, 9.17) is 0 Å². The van der Waals surface area contributed by atoms with E-state index < -0.39 is 15.9 Å². The monoisotopic (exact) mass is 483 g/mol. The number of nitrogens with zero attached hydrogens (tertiary/aromatic N) is 3. The van der Waals surface area contributed by atoms with Crippen LogP contribution in [0, 0.1) is 13.8 Å². The minimum atomic E-state index is -3.72. The maximum atomic E-state index is 12.9. The first-order chi connectivity index (χ1) is 15.7. The quantitative estimate of drug-likeness (QED) is 0.409. The maximum Gasteiger partial charge on any atom is 0.279 e. The van der Waals surface area contributed by atoms with Crippen LogP contribution in [-0.2, 0) is 16.6 Å². The van der Waals surface area contributed by atoms with Gasteiger partial charge in [0.25, 0.3) is 5.91 Å². The smallest absolute Gasteiger partial charge is 0.279 e. The Balaban J connectivity index is 1.98. The topological polar surface area (TPSA) is 71.7 Å². The van der Waals surface area contributed by atoms with Crippen LogP contribution in [-0.4, -0.2) is 36.3 Å². The minimum absolute atomic E-state index is 0.108. The second-order valence-corrected chi connectivity index (χ2v) is 10.7. The number of aryl methyl sites for hydroxylation is 3. The summed E-state index contributed by atoms with van der Waals surface area (Å²) < 4.78 is 30.2. The summed E-state index contributed by atoms with van der Waals surface area (Å²) in [4.78, 5) is 18.1. The number of sulfonamides is 1. The molecule has 0 fully saturated rings. The zero-order chi connectivity index (χ0) is 24.2. The highest BCUT2D eigenvalue weighted by atomic mass is 32.2. The molecule has 3 rings (SSSR count). The lowest BCUT2D eigenvalue weighted by molar-refractivity contribution is 0.0997. The van der Waals surface area contributed by atoms with Crippen molar-refractivity contribution < 1.29 is 13.2 Å². The molecule has 3 aromatic rings. The molecule has 33 heavy (non-hydrogen) atoms. The van der Waals surface area contributed by atoms with E-state index in [1.807, 2.05) is 0 Å². The molecular weight excluding hydrogens is 454 g/mol. The Kier molecular flexibility index (Phi) is 7.84. The molecule has 0 saturated heterocycles. The molecule has 0 saturated carbocycles. The molecule has 0 N–H and O–H groups in total. The van der Waals surface area contributed by atoms with Crippen molar-refractivity contribution in [2.45, 2.75) is 38.6 Å². The van der Waals surface area contributed by atoms with E-state index in [0.29, 0.717) is 10.4 Å². The van der Waals surface area contributed by atoms with Crippen molar-refractivity contribution in [3.63, 3.8) is 0 Å². The van der Waals surface area contributed by atoms with Crippen LogP contribution in [0.3, 0.4) is 0 Å². The third-order valence-corrected chi connectivity index (χ3v) is 8.23. The zero-order valence-electron chi connectivity index (χ0n) is 19.2. The third-order valence-electron chi connectivity index (χ3n) is 5.35. The molecule has 0 unspecified atom stereocenters. The van der Waals surface area contributed by atoms with Crippen LogP contribution in [0.4, 0.5) is 0 Å². The number of hydrogen-bond donors (Lipinski definition) is 0.